The summed E-state index contributed by atoms with van der Waals surface area (Å²) in [6.45, 7) is 2.07. The van der Waals surface area contributed by atoms with Gasteiger partial charge in [-0.2, -0.15) is 0 Å². The van der Waals surface area contributed by atoms with Gasteiger partial charge in [0, 0.05) is 11.6 Å². The molecule has 3 N–H and O–H groups in total. The Balaban J connectivity index is 2.79. The molecule has 0 aliphatic carbocycles. The molecule has 76 valence electrons. The lowest BCUT2D eigenvalue weighted by molar-refractivity contribution is 0.0364. The van der Waals surface area contributed by atoms with Gasteiger partial charge in [-0.3, -0.25) is 9.63 Å². The molecule has 0 heterocycles. The first kappa shape index (κ1) is 10.3. The van der Waals surface area contributed by atoms with Crippen LogP contribution in [-0.4, -0.2) is 22.7 Å². The molecular weight excluding hydrogens is 186 g/mol. The number of phenolic OH excluding ortho intramolecular Hbond substituents is 2. The van der Waals surface area contributed by atoms with Crippen molar-refractivity contribution in [1.29, 1.82) is 0 Å². The van der Waals surface area contributed by atoms with E-state index in [9.17, 15) is 4.79 Å². The van der Waals surface area contributed by atoms with Crippen molar-refractivity contribution >= 4 is 5.91 Å². The van der Waals surface area contributed by atoms with Crippen molar-refractivity contribution in [2.45, 2.75) is 6.92 Å². The summed E-state index contributed by atoms with van der Waals surface area (Å²) in [7, 11) is 0. The Morgan fingerprint density at radius 1 is 1.36 bits per heavy atom. The molecule has 5 nitrogen and oxygen atoms in total. The lowest BCUT2D eigenvalue weighted by atomic mass is 10.2. The Hall–Kier alpha value is -1.75. The predicted octanol–water partition coefficient (Wildman–Crippen LogP) is 0.779. The molecule has 0 saturated carbocycles. The van der Waals surface area contributed by atoms with Crippen LogP contribution in [0.15, 0.2) is 18.2 Å². The summed E-state index contributed by atoms with van der Waals surface area (Å²) >= 11 is 0. The molecule has 1 aromatic rings. The van der Waals surface area contributed by atoms with Crippen LogP contribution in [0.4, 0.5) is 0 Å². The molecule has 0 bridgehead atoms. The number of hydrogen-bond acceptors (Lipinski definition) is 4. The minimum atomic E-state index is -0.516. The molecular formula is C9H11NO4. The van der Waals surface area contributed by atoms with Crippen molar-refractivity contribution in [3.05, 3.63) is 23.8 Å². The van der Waals surface area contributed by atoms with Gasteiger partial charge < -0.3 is 10.2 Å². The van der Waals surface area contributed by atoms with E-state index in [1.165, 1.54) is 12.1 Å². The van der Waals surface area contributed by atoms with E-state index in [2.05, 4.69) is 10.3 Å². The number of carbonyl (C=O) groups is 1. The molecule has 0 saturated heterocycles. The Kier molecular flexibility index (Phi) is 3.30. The number of rotatable bonds is 3. The van der Waals surface area contributed by atoms with Crippen LogP contribution in [0, 0.1) is 0 Å². The van der Waals surface area contributed by atoms with E-state index in [0.717, 1.165) is 6.07 Å². The highest BCUT2D eigenvalue weighted by Crippen LogP contribution is 2.20. The van der Waals surface area contributed by atoms with E-state index in [0.29, 0.717) is 6.61 Å². The van der Waals surface area contributed by atoms with Gasteiger partial charge in [-0.05, 0) is 19.1 Å². The lowest BCUT2D eigenvalue weighted by Gasteiger charge is -2.04. The molecule has 0 aliphatic heterocycles. The summed E-state index contributed by atoms with van der Waals surface area (Å²) in [6.07, 6.45) is 0. The van der Waals surface area contributed by atoms with Crippen molar-refractivity contribution in [1.82, 2.24) is 5.48 Å². The average molecular weight is 197 g/mol. The highest BCUT2D eigenvalue weighted by Gasteiger charge is 2.07. The van der Waals surface area contributed by atoms with Crippen molar-refractivity contribution in [2.75, 3.05) is 6.61 Å². The molecule has 0 fully saturated rings. The van der Waals surface area contributed by atoms with Gasteiger partial charge in [0.15, 0.2) is 0 Å². The molecule has 1 aromatic carbocycles. The maximum absolute atomic E-state index is 11.2. The summed E-state index contributed by atoms with van der Waals surface area (Å²) in [5.74, 6) is -0.864. The molecule has 0 spiro atoms. The normalized spacial score (nSPS) is 9.79. The van der Waals surface area contributed by atoms with Crippen molar-refractivity contribution in [3.63, 3.8) is 0 Å². The van der Waals surface area contributed by atoms with Crippen LogP contribution in [0.5, 0.6) is 11.5 Å². The number of carbonyl (C=O) groups excluding carboxylic acids is 1. The van der Waals surface area contributed by atoms with Gasteiger partial charge in [-0.15, -0.1) is 0 Å². The monoisotopic (exact) mass is 197 g/mol. The van der Waals surface area contributed by atoms with Crippen molar-refractivity contribution < 1.29 is 19.8 Å². The first-order valence-electron chi connectivity index (χ1n) is 4.08. The summed E-state index contributed by atoms with van der Waals surface area (Å²) in [6, 6.07) is 3.60. The summed E-state index contributed by atoms with van der Waals surface area (Å²) < 4.78 is 0. The second-order valence-corrected chi connectivity index (χ2v) is 2.60. The van der Waals surface area contributed by atoms with Crippen LogP contribution in [0.1, 0.15) is 17.3 Å². The van der Waals surface area contributed by atoms with E-state index in [-0.39, 0.29) is 17.1 Å². The Labute approximate surface area is 80.9 Å². The molecule has 5 heteroatoms. The van der Waals surface area contributed by atoms with E-state index < -0.39 is 5.91 Å². The molecule has 1 amide bonds. The number of hydrogen-bond donors (Lipinski definition) is 3. The maximum atomic E-state index is 11.2. The van der Waals surface area contributed by atoms with Crippen molar-refractivity contribution in [3.8, 4) is 11.5 Å². The Morgan fingerprint density at radius 2 is 1.93 bits per heavy atom. The molecule has 0 atom stereocenters. The summed E-state index contributed by atoms with van der Waals surface area (Å²) in [5, 5.41) is 18.2. The quantitative estimate of drug-likeness (QED) is 0.625. The van der Waals surface area contributed by atoms with Crippen LogP contribution in [0.3, 0.4) is 0 Å². The SMILES string of the molecule is CCONC(=O)c1cc(O)cc(O)c1. The first-order valence-corrected chi connectivity index (χ1v) is 4.08. The highest BCUT2D eigenvalue weighted by atomic mass is 16.6. The minimum Gasteiger partial charge on any atom is -0.508 e. The van der Waals surface area contributed by atoms with E-state index in [1.54, 1.807) is 6.92 Å². The van der Waals surface area contributed by atoms with Crippen molar-refractivity contribution in [2.24, 2.45) is 0 Å². The highest BCUT2D eigenvalue weighted by molar-refractivity contribution is 5.94. The van der Waals surface area contributed by atoms with Crippen LogP contribution in [0.25, 0.3) is 0 Å². The predicted molar refractivity (Wildman–Crippen MR) is 48.9 cm³/mol. The molecule has 1 rings (SSSR count). The molecule has 14 heavy (non-hydrogen) atoms. The molecule has 0 aliphatic rings. The zero-order valence-corrected chi connectivity index (χ0v) is 7.65. The van der Waals surface area contributed by atoms with Gasteiger partial charge in [0.2, 0.25) is 0 Å². The van der Waals surface area contributed by atoms with E-state index >= 15 is 0 Å². The Bertz CT molecular complexity index is 317. The fraction of sp³-hybridized carbons (Fsp3) is 0.222. The third-order valence-corrected chi connectivity index (χ3v) is 1.47. The number of aromatic hydroxyl groups is 2. The number of amides is 1. The molecule has 0 radical (unpaired) electrons. The zero-order valence-electron chi connectivity index (χ0n) is 7.65. The van der Waals surface area contributed by atoms with Crippen LogP contribution in [-0.2, 0) is 4.84 Å². The van der Waals surface area contributed by atoms with Gasteiger partial charge in [-0.1, -0.05) is 0 Å². The van der Waals surface area contributed by atoms with E-state index in [4.69, 9.17) is 10.2 Å². The second-order valence-electron chi connectivity index (χ2n) is 2.60. The van der Waals surface area contributed by atoms with Crippen LogP contribution in [0.2, 0.25) is 0 Å². The fourth-order valence-electron chi connectivity index (χ4n) is 0.923. The smallest absolute Gasteiger partial charge is 0.275 e. The first-order chi connectivity index (χ1) is 6.63. The minimum absolute atomic E-state index is 0.135. The third kappa shape index (κ3) is 2.63. The summed E-state index contributed by atoms with van der Waals surface area (Å²) in [4.78, 5) is 15.9. The van der Waals surface area contributed by atoms with Crippen LogP contribution < -0.4 is 5.48 Å². The number of benzene rings is 1. The van der Waals surface area contributed by atoms with Gasteiger partial charge in [0.05, 0.1) is 6.61 Å². The standard InChI is InChI=1S/C9H11NO4/c1-2-14-10-9(13)6-3-7(11)5-8(12)4-6/h3-5,11-12H,2H2,1H3,(H,10,13). The number of hydroxylamine groups is 1. The Morgan fingerprint density at radius 3 is 2.43 bits per heavy atom. The average Bonchev–Trinajstić information content (AvgIpc) is 2.12. The fourth-order valence-corrected chi connectivity index (χ4v) is 0.923. The van der Waals surface area contributed by atoms with Gasteiger partial charge in [-0.25, -0.2) is 5.48 Å². The second kappa shape index (κ2) is 4.48. The maximum Gasteiger partial charge on any atom is 0.275 e. The number of phenols is 2. The van der Waals surface area contributed by atoms with Gasteiger partial charge in [0.25, 0.3) is 5.91 Å². The lowest BCUT2D eigenvalue weighted by Crippen LogP contribution is -2.23. The zero-order chi connectivity index (χ0) is 10.6. The molecule has 0 unspecified atom stereocenters. The van der Waals surface area contributed by atoms with Gasteiger partial charge >= 0.3 is 0 Å². The molecule has 0 aromatic heterocycles. The summed E-state index contributed by atoms with van der Waals surface area (Å²) in [5.41, 5.74) is 2.28. The van der Waals surface area contributed by atoms with Gasteiger partial charge in [0.1, 0.15) is 11.5 Å². The number of nitrogens with one attached hydrogen (secondary N) is 1. The van der Waals surface area contributed by atoms with E-state index in [1.807, 2.05) is 0 Å². The third-order valence-electron chi connectivity index (χ3n) is 1.47. The topological polar surface area (TPSA) is 78.8 Å². The largest absolute Gasteiger partial charge is 0.508 e. The van der Waals surface area contributed by atoms with Crippen LogP contribution >= 0.6 is 0 Å².